The van der Waals surface area contributed by atoms with Gasteiger partial charge in [0.15, 0.2) is 5.13 Å². The molecule has 1 N–H and O–H groups in total. The molecule has 0 spiro atoms. The van der Waals surface area contributed by atoms with Crippen LogP contribution in [0.15, 0.2) is 6.20 Å². The molecule has 0 aromatic carbocycles. The molecule has 1 aromatic rings. The molecule has 0 bridgehead atoms. The number of nitrogens with zero attached hydrogens (tertiary/aromatic N) is 1. The molecule has 82 valence electrons. The third kappa shape index (κ3) is 2.56. The third-order valence-electron chi connectivity index (χ3n) is 2.86. The van der Waals surface area contributed by atoms with Crippen LogP contribution in [0.3, 0.4) is 0 Å². The van der Waals surface area contributed by atoms with E-state index in [9.17, 15) is 4.79 Å². The fourth-order valence-electron chi connectivity index (χ4n) is 1.92. The number of hydrogen-bond donors (Lipinski definition) is 1. The zero-order valence-corrected chi connectivity index (χ0v) is 9.77. The van der Waals surface area contributed by atoms with Crippen LogP contribution in [-0.2, 0) is 11.2 Å². The number of hydrogen-bond acceptors (Lipinski definition) is 3. The first kappa shape index (κ1) is 10.6. The number of rotatable bonds is 3. The predicted molar refractivity (Wildman–Crippen MR) is 62.1 cm³/mol. The lowest BCUT2D eigenvalue weighted by atomic mass is 10.1. The van der Waals surface area contributed by atoms with E-state index >= 15 is 0 Å². The second kappa shape index (κ2) is 4.75. The third-order valence-corrected chi connectivity index (χ3v) is 3.92. The Morgan fingerprint density at radius 2 is 2.33 bits per heavy atom. The molecule has 4 heteroatoms. The molecule has 15 heavy (non-hydrogen) atoms. The molecule has 1 fully saturated rings. The second-order valence-corrected chi connectivity index (χ2v) is 5.07. The Morgan fingerprint density at radius 1 is 1.60 bits per heavy atom. The van der Waals surface area contributed by atoms with Gasteiger partial charge in [-0.15, -0.1) is 11.3 Å². The summed E-state index contributed by atoms with van der Waals surface area (Å²) in [5, 5.41) is 3.66. The number of amides is 1. The highest BCUT2D eigenvalue weighted by molar-refractivity contribution is 7.15. The molecule has 0 aliphatic heterocycles. The van der Waals surface area contributed by atoms with Crippen molar-refractivity contribution in [1.82, 2.24) is 4.98 Å². The Bertz CT molecular complexity index is 342. The second-order valence-electron chi connectivity index (χ2n) is 3.96. The Labute approximate surface area is 93.9 Å². The summed E-state index contributed by atoms with van der Waals surface area (Å²) in [5.41, 5.74) is 0. The first-order chi connectivity index (χ1) is 7.29. The number of anilines is 1. The Hall–Kier alpha value is -0.900. The smallest absolute Gasteiger partial charge is 0.229 e. The van der Waals surface area contributed by atoms with E-state index < -0.39 is 0 Å². The number of aryl methyl sites for hydroxylation is 1. The minimum Gasteiger partial charge on any atom is -0.302 e. The SMILES string of the molecule is CCc1cnc(NC(=O)C2CCCC2)s1. The summed E-state index contributed by atoms with van der Waals surface area (Å²) < 4.78 is 0. The summed E-state index contributed by atoms with van der Waals surface area (Å²) in [5.74, 6) is 0.378. The van der Waals surface area contributed by atoms with Crippen LogP contribution in [0.2, 0.25) is 0 Å². The molecule has 1 heterocycles. The van der Waals surface area contributed by atoms with Gasteiger partial charge in [0.1, 0.15) is 0 Å². The normalized spacial score (nSPS) is 16.9. The standard InChI is InChI=1S/C11H16N2OS/c1-2-9-7-12-11(15-9)13-10(14)8-5-3-4-6-8/h7-8H,2-6H2,1H3,(H,12,13,14). The fourth-order valence-corrected chi connectivity index (χ4v) is 2.68. The Kier molecular flexibility index (Phi) is 3.36. The van der Waals surface area contributed by atoms with Crippen molar-refractivity contribution in [1.29, 1.82) is 0 Å². The van der Waals surface area contributed by atoms with Gasteiger partial charge in [0.2, 0.25) is 5.91 Å². The summed E-state index contributed by atoms with van der Waals surface area (Å²) in [6.07, 6.45) is 7.29. The molecule has 0 unspecified atom stereocenters. The van der Waals surface area contributed by atoms with Gasteiger partial charge in [0.25, 0.3) is 0 Å². The van der Waals surface area contributed by atoms with Crippen LogP contribution in [0, 0.1) is 5.92 Å². The maximum atomic E-state index is 11.8. The topological polar surface area (TPSA) is 42.0 Å². The summed E-state index contributed by atoms with van der Waals surface area (Å²) in [4.78, 5) is 17.2. The molecule has 0 saturated heterocycles. The van der Waals surface area contributed by atoms with Crippen molar-refractivity contribution in [3.05, 3.63) is 11.1 Å². The van der Waals surface area contributed by atoms with Crippen molar-refractivity contribution >= 4 is 22.4 Å². The molecule has 1 aliphatic carbocycles. The zero-order valence-electron chi connectivity index (χ0n) is 8.95. The van der Waals surface area contributed by atoms with Gasteiger partial charge in [-0.3, -0.25) is 4.79 Å². The van der Waals surface area contributed by atoms with Gasteiger partial charge in [0.05, 0.1) is 0 Å². The average molecular weight is 224 g/mol. The number of carbonyl (C=O) groups excluding carboxylic acids is 1. The molecular formula is C11H16N2OS. The molecular weight excluding hydrogens is 208 g/mol. The lowest BCUT2D eigenvalue weighted by Gasteiger charge is -2.07. The van der Waals surface area contributed by atoms with Gasteiger partial charge < -0.3 is 5.32 Å². The minimum absolute atomic E-state index is 0.157. The van der Waals surface area contributed by atoms with Gasteiger partial charge in [-0.25, -0.2) is 4.98 Å². The first-order valence-corrected chi connectivity index (χ1v) is 6.37. The van der Waals surface area contributed by atoms with E-state index in [0.29, 0.717) is 0 Å². The van der Waals surface area contributed by atoms with E-state index in [1.165, 1.54) is 17.7 Å². The van der Waals surface area contributed by atoms with Crippen molar-refractivity contribution in [2.75, 3.05) is 5.32 Å². The van der Waals surface area contributed by atoms with Crippen LogP contribution in [0.1, 0.15) is 37.5 Å². The zero-order chi connectivity index (χ0) is 10.7. The monoisotopic (exact) mass is 224 g/mol. The van der Waals surface area contributed by atoms with Crippen molar-refractivity contribution in [2.45, 2.75) is 39.0 Å². The van der Waals surface area contributed by atoms with E-state index in [1.54, 1.807) is 11.3 Å². The summed E-state index contributed by atoms with van der Waals surface area (Å²) in [6.45, 7) is 2.09. The minimum atomic E-state index is 0.157. The summed E-state index contributed by atoms with van der Waals surface area (Å²) in [7, 11) is 0. The number of carbonyl (C=O) groups is 1. The van der Waals surface area contributed by atoms with Gasteiger partial charge in [-0.1, -0.05) is 19.8 Å². The molecule has 0 atom stereocenters. The van der Waals surface area contributed by atoms with E-state index in [1.807, 2.05) is 6.20 Å². The van der Waals surface area contributed by atoms with E-state index in [4.69, 9.17) is 0 Å². The highest BCUT2D eigenvalue weighted by atomic mass is 32.1. The van der Waals surface area contributed by atoms with Crippen LogP contribution in [-0.4, -0.2) is 10.9 Å². The molecule has 1 aliphatic rings. The van der Waals surface area contributed by atoms with Crippen LogP contribution < -0.4 is 5.32 Å². The maximum absolute atomic E-state index is 11.8. The van der Waals surface area contributed by atoms with Crippen LogP contribution >= 0.6 is 11.3 Å². The maximum Gasteiger partial charge on any atom is 0.229 e. The first-order valence-electron chi connectivity index (χ1n) is 5.55. The number of nitrogens with one attached hydrogen (secondary N) is 1. The van der Waals surface area contributed by atoms with Gasteiger partial charge in [-0.05, 0) is 19.3 Å². The van der Waals surface area contributed by atoms with Gasteiger partial charge in [0, 0.05) is 17.0 Å². The highest BCUT2D eigenvalue weighted by Crippen LogP contribution is 2.27. The Morgan fingerprint density at radius 3 is 2.93 bits per heavy atom. The molecule has 0 radical (unpaired) electrons. The van der Waals surface area contributed by atoms with Crippen molar-refractivity contribution in [3.63, 3.8) is 0 Å². The van der Waals surface area contributed by atoms with Crippen molar-refractivity contribution in [3.8, 4) is 0 Å². The van der Waals surface area contributed by atoms with E-state index in [2.05, 4.69) is 17.2 Å². The van der Waals surface area contributed by atoms with Gasteiger partial charge >= 0.3 is 0 Å². The number of aromatic nitrogens is 1. The van der Waals surface area contributed by atoms with Crippen LogP contribution in [0.4, 0.5) is 5.13 Å². The van der Waals surface area contributed by atoms with E-state index in [-0.39, 0.29) is 11.8 Å². The van der Waals surface area contributed by atoms with Crippen LogP contribution in [0.5, 0.6) is 0 Å². The Balaban J connectivity index is 1.92. The van der Waals surface area contributed by atoms with Gasteiger partial charge in [-0.2, -0.15) is 0 Å². The summed E-state index contributed by atoms with van der Waals surface area (Å²) in [6, 6.07) is 0. The average Bonchev–Trinajstić information content (AvgIpc) is 2.87. The molecule has 1 amide bonds. The number of thiazole rings is 1. The molecule has 2 rings (SSSR count). The molecule has 3 nitrogen and oxygen atoms in total. The quantitative estimate of drug-likeness (QED) is 0.857. The highest BCUT2D eigenvalue weighted by Gasteiger charge is 2.23. The predicted octanol–water partition coefficient (Wildman–Crippen LogP) is 2.83. The molecule has 1 aromatic heterocycles. The van der Waals surface area contributed by atoms with E-state index in [0.717, 1.165) is 24.4 Å². The lowest BCUT2D eigenvalue weighted by Crippen LogP contribution is -2.19. The lowest BCUT2D eigenvalue weighted by molar-refractivity contribution is -0.119. The van der Waals surface area contributed by atoms with Crippen LogP contribution in [0.25, 0.3) is 0 Å². The molecule has 1 saturated carbocycles. The fraction of sp³-hybridized carbons (Fsp3) is 0.636. The summed E-state index contributed by atoms with van der Waals surface area (Å²) >= 11 is 1.58. The largest absolute Gasteiger partial charge is 0.302 e. The van der Waals surface area contributed by atoms with Crippen molar-refractivity contribution in [2.24, 2.45) is 5.92 Å². The van der Waals surface area contributed by atoms with Crippen molar-refractivity contribution < 1.29 is 4.79 Å².